The van der Waals surface area contributed by atoms with Crippen molar-refractivity contribution in [2.75, 3.05) is 13.1 Å². The average Bonchev–Trinajstić information content (AvgIpc) is 2.74. The van der Waals surface area contributed by atoms with Gasteiger partial charge >= 0.3 is 12.0 Å². The summed E-state index contributed by atoms with van der Waals surface area (Å²) in [5, 5.41) is 11.6. The van der Waals surface area contributed by atoms with E-state index < -0.39 is 11.9 Å². The summed E-state index contributed by atoms with van der Waals surface area (Å²) in [6, 6.07) is -0.379. The van der Waals surface area contributed by atoms with Gasteiger partial charge in [-0.25, -0.2) is 4.79 Å². The van der Waals surface area contributed by atoms with Gasteiger partial charge in [0.15, 0.2) is 0 Å². The van der Waals surface area contributed by atoms with Crippen LogP contribution in [0.25, 0.3) is 0 Å². The SMILES string of the molecule is C=CCN(CC)C(=O)NC1C=CC(C(=O)O)C1. The Labute approximate surface area is 101 Å². The summed E-state index contributed by atoms with van der Waals surface area (Å²) in [5.41, 5.74) is 0. The quantitative estimate of drug-likeness (QED) is 0.708. The minimum Gasteiger partial charge on any atom is -0.481 e. The second-order valence-corrected chi connectivity index (χ2v) is 3.95. The fourth-order valence-corrected chi connectivity index (χ4v) is 1.75. The van der Waals surface area contributed by atoms with Crippen LogP contribution in [0.2, 0.25) is 0 Å². The van der Waals surface area contributed by atoms with Crippen LogP contribution in [0.15, 0.2) is 24.8 Å². The topological polar surface area (TPSA) is 69.6 Å². The first-order valence-electron chi connectivity index (χ1n) is 5.66. The Morgan fingerprint density at radius 2 is 2.29 bits per heavy atom. The number of nitrogens with zero attached hydrogens (tertiary/aromatic N) is 1. The van der Waals surface area contributed by atoms with Gasteiger partial charge in [-0.3, -0.25) is 4.79 Å². The summed E-state index contributed by atoms with van der Waals surface area (Å²) >= 11 is 0. The van der Waals surface area contributed by atoms with Crippen LogP contribution in [0.5, 0.6) is 0 Å². The van der Waals surface area contributed by atoms with Crippen molar-refractivity contribution in [2.24, 2.45) is 5.92 Å². The van der Waals surface area contributed by atoms with Crippen LogP contribution in [0.4, 0.5) is 4.79 Å². The van der Waals surface area contributed by atoms with Crippen LogP contribution in [0.3, 0.4) is 0 Å². The van der Waals surface area contributed by atoms with Gasteiger partial charge in [0.2, 0.25) is 0 Å². The zero-order valence-electron chi connectivity index (χ0n) is 9.93. The van der Waals surface area contributed by atoms with Crippen molar-refractivity contribution in [3.05, 3.63) is 24.8 Å². The van der Waals surface area contributed by atoms with Gasteiger partial charge in [0.25, 0.3) is 0 Å². The number of urea groups is 1. The number of amides is 2. The van der Waals surface area contributed by atoms with E-state index in [1.165, 1.54) is 0 Å². The maximum atomic E-state index is 11.8. The van der Waals surface area contributed by atoms with Gasteiger partial charge in [-0.2, -0.15) is 0 Å². The Kier molecular flexibility index (Phi) is 4.75. The molecule has 2 unspecified atom stereocenters. The number of hydrogen-bond acceptors (Lipinski definition) is 2. The standard InChI is InChI=1S/C12H18N2O3/c1-3-7-14(4-2)12(17)13-10-6-5-9(8-10)11(15)16/h3,5-6,9-10H,1,4,7-8H2,2H3,(H,13,17)(H,15,16). The van der Waals surface area contributed by atoms with Crippen LogP contribution < -0.4 is 5.32 Å². The van der Waals surface area contributed by atoms with E-state index in [4.69, 9.17) is 5.11 Å². The first-order chi connectivity index (χ1) is 8.08. The molecule has 5 nitrogen and oxygen atoms in total. The Morgan fingerprint density at radius 1 is 1.59 bits per heavy atom. The highest BCUT2D eigenvalue weighted by molar-refractivity contribution is 5.76. The van der Waals surface area contributed by atoms with Crippen molar-refractivity contribution in [1.82, 2.24) is 10.2 Å². The maximum Gasteiger partial charge on any atom is 0.318 e. The number of carboxylic acid groups (broad SMARTS) is 1. The summed E-state index contributed by atoms with van der Waals surface area (Å²) in [5.74, 6) is -1.34. The molecule has 2 atom stereocenters. The minimum atomic E-state index is -0.851. The first-order valence-corrected chi connectivity index (χ1v) is 5.66. The lowest BCUT2D eigenvalue weighted by molar-refractivity contribution is -0.140. The second kappa shape index (κ2) is 6.08. The zero-order valence-corrected chi connectivity index (χ0v) is 9.93. The van der Waals surface area contributed by atoms with E-state index in [0.29, 0.717) is 19.5 Å². The molecule has 0 aromatic carbocycles. The lowest BCUT2D eigenvalue weighted by Crippen LogP contribution is -2.44. The average molecular weight is 238 g/mol. The smallest absolute Gasteiger partial charge is 0.318 e. The Balaban J connectivity index is 2.45. The maximum absolute atomic E-state index is 11.8. The van der Waals surface area contributed by atoms with E-state index in [-0.39, 0.29) is 12.1 Å². The predicted octanol–water partition coefficient (Wildman–Crippen LogP) is 1.23. The molecule has 2 N–H and O–H groups in total. The number of likely N-dealkylation sites (N-methyl/N-ethyl adjacent to an activating group) is 1. The third-order valence-corrected chi connectivity index (χ3v) is 2.73. The van der Waals surface area contributed by atoms with Gasteiger partial charge in [0, 0.05) is 13.1 Å². The third kappa shape index (κ3) is 3.62. The predicted molar refractivity (Wildman–Crippen MR) is 64.6 cm³/mol. The molecule has 0 fully saturated rings. The van der Waals surface area contributed by atoms with E-state index in [1.807, 2.05) is 6.92 Å². The Hall–Kier alpha value is -1.78. The molecule has 94 valence electrons. The van der Waals surface area contributed by atoms with Crippen LogP contribution >= 0.6 is 0 Å². The monoisotopic (exact) mass is 238 g/mol. The largest absolute Gasteiger partial charge is 0.481 e. The van der Waals surface area contributed by atoms with E-state index >= 15 is 0 Å². The fourth-order valence-electron chi connectivity index (χ4n) is 1.75. The number of carbonyl (C=O) groups is 2. The molecule has 1 aliphatic rings. The number of carboxylic acids is 1. The van der Waals surface area contributed by atoms with Gasteiger partial charge in [-0.05, 0) is 13.3 Å². The lowest BCUT2D eigenvalue weighted by atomic mass is 10.1. The molecule has 0 spiro atoms. The summed E-state index contributed by atoms with van der Waals surface area (Å²) < 4.78 is 0. The molecule has 0 saturated heterocycles. The van der Waals surface area contributed by atoms with Crippen molar-refractivity contribution in [3.8, 4) is 0 Å². The summed E-state index contributed by atoms with van der Waals surface area (Å²) in [7, 11) is 0. The number of hydrogen-bond donors (Lipinski definition) is 2. The van der Waals surface area contributed by atoms with Crippen molar-refractivity contribution < 1.29 is 14.7 Å². The van der Waals surface area contributed by atoms with E-state index in [0.717, 1.165) is 0 Å². The van der Waals surface area contributed by atoms with Crippen molar-refractivity contribution in [1.29, 1.82) is 0 Å². The molecular weight excluding hydrogens is 220 g/mol. The van der Waals surface area contributed by atoms with Crippen molar-refractivity contribution in [3.63, 3.8) is 0 Å². The van der Waals surface area contributed by atoms with Crippen LogP contribution in [-0.2, 0) is 4.79 Å². The molecule has 1 aliphatic carbocycles. The second-order valence-electron chi connectivity index (χ2n) is 3.95. The van der Waals surface area contributed by atoms with E-state index in [2.05, 4.69) is 11.9 Å². The van der Waals surface area contributed by atoms with Crippen LogP contribution in [0.1, 0.15) is 13.3 Å². The first kappa shape index (κ1) is 13.3. The highest BCUT2D eigenvalue weighted by Gasteiger charge is 2.26. The van der Waals surface area contributed by atoms with Gasteiger partial charge in [0.05, 0.1) is 12.0 Å². The van der Waals surface area contributed by atoms with Gasteiger partial charge in [-0.1, -0.05) is 18.2 Å². The Morgan fingerprint density at radius 3 is 2.76 bits per heavy atom. The molecule has 0 aliphatic heterocycles. The minimum absolute atomic E-state index is 0.187. The van der Waals surface area contributed by atoms with Crippen molar-refractivity contribution in [2.45, 2.75) is 19.4 Å². The van der Waals surface area contributed by atoms with E-state index in [9.17, 15) is 9.59 Å². The molecule has 17 heavy (non-hydrogen) atoms. The van der Waals surface area contributed by atoms with E-state index in [1.54, 1.807) is 23.1 Å². The van der Waals surface area contributed by atoms with Gasteiger partial charge in [0.1, 0.15) is 0 Å². The molecule has 0 aromatic rings. The molecule has 1 rings (SSSR count). The molecule has 0 radical (unpaired) electrons. The number of carbonyl (C=O) groups excluding carboxylic acids is 1. The third-order valence-electron chi connectivity index (χ3n) is 2.73. The summed E-state index contributed by atoms with van der Waals surface area (Å²) in [4.78, 5) is 24.1. The zero-order chi connectivity index (χ0) is 12.8. The molecule has 5 heteroatoms. The summed E-state index contributed by atoms with van der Waals surface area (Å²) in [6.07, 6.45) is 5.44. The molecular formula is C12H18N2O3. The molecule has 0 bridgehead atoms. The van der Waals surface area contributed by atoms with Crippen molar-refractivity contribution >= 4 is 12.0 Å². The fraction of sp³-hybridized carbons (Fsp3) is 0.500. The number of rotatable bonds is 5. The Bertz CT molecular complexity index is 339. The molecule has 2 amide bonds. The number of aliphatic carboxylic acids is 1. The molecule has 0 heterocycles. The normalized spacial score (nSPS) is 22.2. The summed E-state index contributed by atoms with van der Waals surface area (Å²) in [6.45, 7) is 6.55. The highest BCUT2D eigenvalue weighted by atomic mass is 16.4. The van der Waals surface area contributed by atoms with Crippen LogP contribution in [-0.4, -0.2) is 41.1 Å². The molecule has 0 saturated carbocycles. The van der Waals surface area contributed by atoms with Crippen LogP contribution in [0, 0.1) is 5.92 Å². The highest BCUT2D eigenvalue weighted by Crippen LogP contribution is 2.18. The van der Waals surface area contributed by atoms with Gasteiger partial charge in [-0.15, -0.1) is 6.58 Å². The van der Waals surface area contributed by atoms with Gasteiger partial charge < -0.3 is 15.3 Å². The lowest BCUT2D eigenvalue weighted by Gasteiger charge is -2.22. The molecule has 0 aromatic heterocycles. The number of nitrogens with one attached hydrogen (secondary N) is 1.